The van der Waals surface area contributed by atoms with Gasteiger partial charge in [0.1, 0.15) is 0 Å². The normalized spacial score (nSPS) is 15.1. The highest BCUT2D eigenvalue weighted by molar-refractivity contribution is 7.22. The van der Waals surface area contributed by atoms with E-state index in [1.807, 2.05) is 24.1 Å². The maximum Gasteiger partial charge on any atom is 0.185 e. The molecule has 0 aliphatic carbocycles. The van der Waals surface area contributed by atoms with Crippen LogP contribution in [0.4, 0.5) is 5.13 Å². The number of hydrogen-bond donors (Lipinski definition) is 2. The molecule has 0 radical (unpaired) electrons. The van der Waals surface area contributed by atoms with Crippen LogP contribution in [0, 0.1) is 0 Å². The van der Waals surface area contributed by atoms with Crippen molar-refractivity contribution in [1.82, 2.24) is 25.1 Å². The first-order valence-electron chi connectivity index (χ1n) is 8.92. The van der Waals surface area contributed by atoms with Crippen molar-refractivity contribution in [3.8, 4) is 11.1 Å². The number of nitrogens with one attached hydrogen (secondary N) is 2. The molecule has 5 rings (SSSR count). The summed E-state index contributed by atoms with van der Waals surface area (Å²) in [6, 6.07) is 9.02. The van der Waals surface area contributed by atoms with Gasteiger partial charge < -0.3 is 10.6 Å². The molecule has 27 heavy (non-hydrogen) atoms. The minimum absolute atomic E-state index is 0. The van der Waals surface area contributed by atoms with Gasteiger partial charge >= 0.3 is 0 Å². The smallest absolute Gasteiger partial charge is 0.185 e. The Labute approximate surface area is 167 Å². The van der Waals surface area contributed by atoms with E-state index < -0.39 is 0 Å². The molecule has 1 aliphatic heterocycles. The van der Waals surface area contributed by atoms with Gasteiger partial charge in [-0.25, -0.2) is 9.97 Å². The van der Waals surface area contributed by atoms with Crippen LogP contribution in [0.5, 0.6) is 0 Å². The lowest BCUT2D eigenvalue weighted by Gasteiger charge is -2.23. The van der Waals surface area contributed by atoms with Crippen LogP contribution in [0.15, 0.2) is 36.7 Å². The van der Waals surface area contributed by atoms with E-state index in [1.165, 1.54) is 0 Å². The fourth-order valence-electron chi connectivity index (χ4n) is 3.51. The quantitative estimate of drug-likeness (QED) is 0.547. The number of hydrogen-bond acceptors (Lipinski definition) is 6. The highest BCUT2D eigenvalue weighted by atomic mass is 35.5. The third-order valence-electron chi connectivity index (χ3n) is 4.87. The average Bonchev–Trinajstić information content (AvgIpc) is 3.22. The van der Waals surface area contributed by atoms with Crippen molar-refractivity contribution in [3.63, 3.8) is 0 Å². The summed E-state index contributed by atoms with van der Waals surface area (Å²) in [6.07, 6.45) is 6.23. The van der Waals surface area contributed by atoms with Gasteiger partial charge in [0.15, 0.2) is 10.8 Å². The summed E-state index contributed by atoms with van der Waals surface area (Å²) in [5.74, 6) is 0. The zero-order valence-corrected chi connectivity index (χ0v) is 16.6. The number of thiazole rings is 1. The second-order valence-electron chi connectivity index (χ2n) is 6.81. The van der Waals surface area contributed by atoms with Crippen LogP contribution >= 0.6 is 23.7 Å². The van der Waals surface area contributed by atoms with Crippen LogP contribution in [0.25, 0.3) is 32.4 Å². The van der Waals surface area contributed by atoms with Gasteiger partial charge in [0, 0.05) is 36.4 Å². The number of nitrogens with zero attached hydrogens (tertiary/aromatic N) is 4. The maximum atomic E-state index is 4.66. The van der Waals surface area contributed by atoms with Crippen molar-refractivity contribution in [1.29, 1.82) is 0 Å². The number of piperidine rings is 1. The lowest BCUT2D eigenvalue weighted by atomic mass is 10.1. The van der Waals surface area contributed by atoms with Gasteiger partial charge in [-0.1, -0.05) is 17.4 Å². The summed E-state index contributed by atoms with van der Waals surface area (Å²) in [6.45, 7) is 2.14. The van der Waals surface area contributed by atoms with Gasteiger partial charge in [0.2, 0.25) is 0 Å². The standard InChI is InChI=1S/C19H20N6S.ClH/c1-25-11-14-8-12(2-3-16(14)24-25)13-9-17-18(21-10-13)23-19(26-17)22-15-4-6-20-7-5-15;/h2-3,8-11,15,20H,4-7H2,1H3,(H,21,22,23);1H. The fraction of sp³-hybridized carbons (Fsp3) is 0.316. The molecule has 140 valence electrons. The number of anilines is 1. The highest BCUT2D eigenvalue weighted by Crippen LogP contribution is 2.31. The van der Waals surface area contributed by atoms with Gasteiger partial charge in [-0.3, -0.25) is 4.68 Å². The van der Waals surface area contributed by atoms with Crippen molar-refractivity contribution in [2.24, 2.45) is 7.05 Å². The number of fused-ring (bicyclic) bond motifs is 2. The molecule has 0 bridgehead atoms. The second-order valence-corrected chi connectivity index (χ2v) is 7.84. The third-order valence-corrected chi connectivity index (χ3v) is 5.79. The first-order valence-corrected chi connectivity index (χ1v) is 9.74. The van der Waals surface area contributed by atoms with E-state index in [2.05, 4.69) is 50.0 Å². The number of aromatic nitrogens is 4. The molecule has 3 aromatic heterocycles. The van der Waals surface area contributed by atoms with Crippen molar-refractivity contribution >= 4 is 50.1 Å². The summed E-state index contributed by atoms with van der Waals surface area (Å²) in [7, 11) is 1.95. The monoisotopic (exact) mass is 400 g/mol. The molecule has 0 saturated carbocycles. The molecule has 1 aliphatic rings. The molecule has 0 spiro atoms. The Morgan fingerprint density at radius 1 is 1.19 bits per heavy atom. The average molecular weight is 401 g/mol. The third kappa shape index (κ3) is 3.63. The minimum Gasteiger partial charge on any atom is -0.359 e. The van der Waals surface area contributed by atoms with E-state index in [0.29, 0.717) is 6.04 Å². The summed E-state index contributed by atoms with van der Waals surface area (Å²) in [4.78, 5) is 9.24. The first-order chi connectivity index (χ1) is 12.7. The minimum atomic E-state index is 0. The summed E-state index contributed by atoms with van der Waals surface area (Å²) < 4.78 is 2.96. The van der Waals surface area contributed by atoms with Crippen molar-refractivity contribution in [2.45, 2.75) is 18.9 Å². The number of pyridine rings is 1. The van der Waals surface area contributed by atoms with Gasteiger partial charge in [-0.15, -0.1) is 12.4 Å². The first kappa shape index (κ1) is 18.2. The Balaban J connectivity index is 0.00000180. The Morgan fingerprint density at radius 3 is 2.89 bits per heavy atom. The highest BCUT2D eigenvalue weighted by Gasteiger charge is 2.15. The number of rotatable bonds is 3. The van der Waals surface area contributed by atoms with Crippen LogP contribution in [0.2, 0.25) is 0 Å². The Hall–Kier alpha value is -2.22. The van der Waals surface area contributed by atoms with Crippen LogP contribution in [-0.2, 0) is 7.05 Å². The zero-order chi connectivity index (χ0) is 17.5. The molecule has 0 amide bonds. The van der Waals surface area contributed by atoms with E-state index in [1.54, 1.807) is 11.3 Å². The van der Waals surface area contributed by atoms with Gasteiger partial charge in [-0.05, 0) is 49.7 Å². The Morgan fingerprint density at radius 2 is 2.04 bits per heavy atom. The zero-order valence-electron chi connectivity index (χ0n) is 15.0. The molecule has 2 N–H and O–H groups in total. The van der Waals surface area contributed by atoms with Crippen LogP contribution in [0.1, 0.15) is 12.8 Å². The molecule has 1 aromatic carbocycles. The van der Waals surface area contributed by atoms with Crippen molar-refractivity contribution < 1.29 is 0 Å². The largest absolute Gasteiger partial charge is 0.359 e. The lowest BCUT2D eigenvalue weighted by molar-refractivity contribution is 0.479. The van der Waals surface area contributed by atoms with Gasteiger partial charge in [0.25, 0.3) is 0 Å². The van der Waals surface area contributed by atoms with E-state index in [4.69, 9.17) is 0 Å². The molecule has 1 fully saturated rings. The molecule has 1 saturated heterocycles. The fourth-order valence-corrected chi connectivity index (χ4v) is 4.45. The predicted molar refractivity (Wildman–Crippen MR) is 114 cm³/mol. The molecule has 4 aromatic rings. The van der Waals surface area contributed by atoms with E-state index in [-0.39, 0.29) is 12.4 Å². The van der Waals surface area contributed by atoms with E-state index in [0.717, 1.165) is 63.4 Å². The number of halogens is 1. The molecule has 0 atom stereocenters. The summed E-state index contributed by atoms with van der Waals surface area (Å²) in [5, 5.41) is 13.5. The molecular formula is C19H21ClN6S. The molecule has 0 unspecified atom stereocenters. The van der Waals surface area contributed by atoms with Gasteiger partial charge in [-0.2, -0.15) is 5.10 Å². The molecule has 4 heterocycles. The van der Waals surface area contributed by atoms with Crippen LogP contribution in [-0.4, -0.2) is 38.9 Å². The van der Waals surface area contributed by atoms with E-state index >= 15 is 0 Å². The lowest BCUT2D eigenvalue weighted by Crippen LogP contribution is -2.35. The topological polar surface area (TPSA) is 67.7 Å². The summed E-state index contributed by atoms with van der Waals surface area (Å²) >= 11 is 1.69. The molecule has 8 heteroatoms. The number of benzene rings is 1. The van der Waals surface area contributed by atoms with Crippen LogP contribution < -0.4 is 10.6 Å². The second kappa shape index (κ2) is 7.42. The van der Waals surface area contributed by atoms with Crippen LogP contribution in [0.3, 0.4) is 0 Å². The SMILES string of the molecule is Cl.Cn1cc2cc(-c3cnc4nc(NC5CCNCC5)sc4c3)ccc2n1. The van der Waals surface area contributed by atoms with E-state index in [9.17, 15) is 0 Å². The molecule has 6 nitrogen and oxygen atoms in total. The van der Waals surface area contributed by atoms with Gasteiger partial charge in [0.05, 0.1) is 10.2 Å². The molecular weight excluding hydrogens is 380 g/mol. The predicted octanol–water partition coefficient (Wildman–Crippen LogP) is 3.83. The maximum absolute atomic E-state index is 4.66. The Bertz CT molecular complexity index is 1080. The Kier molecular flexibility index (Phi) is 4.99. The van der Waals surface area contributed by atoms with Crippen molar-refractivity contribution in [2.75, 3.05) is 18.4 Å². The number of aryl methyl sites for hydroxylation is 1. The summed E-state index contributed by atoms with van der Waals surface area (Å²) in [5.41, 5.74) is 4.09. The van der Waals surface area contributed by atoms with Crippen molar-refractivity contribution in [3.05, 3.63) is 36.7 Å².